The average Bonchev–Trinajstić information content (AvgIpc) is 3.32. The molecule has 2 aromatic heterocycles. The molecule has 3 heterocycles. The van der Waals surface area contributed by atoms with Gasteiger partial charge < -0.3 is 10.2 Å². The quantitative estimate of drug-likeness (QED) is 0.849. The van der Waals surface area contributed by atoms with Crippen molar-refractivity contribution >= 4 is 11.8 Å². The number of amides is 2. The van der Waals surface area contributed by atoms with E-state index >= 15 is 0 Å². The number of nitrogens with zero attached hydrogens (tertiary/aromatic N) is 5. The number of aryl methyl sites for hydroxylation is 2. The number of likely N-dealkylation sites (tertiary alicyclic amines) is 1. The third kappa shape index (κ3) is 3.89. The molecule has 1 fully saturated rings. The smallest absolute Gasteiger partial charge is 0.257 e. The minimum atomic E-state index is -0.164. The molecule has 2 aromatic rings. The number of nitrogens with one attached hydrogen (secondary N) is 1. The van der Waals surface area contributed by atoms with E-state index in [1.54, 1.807) is 35.0 Å². The Kier molecular flexibility index (Phi) is 5.16. The van der Waals surface area contributed by atoms with Crippen molar-refractivity contribution in [1.29, 1.82) is 0 Å². The van der Waals surface area contributed by atoms with E-state index in [2.05, 4.69) is 22.4 Å². The normalized spacial score (nSPS) is 17.0. The molecular formula is C17H24N6O2. The first-order valence-electron chi connectivity index (χ1n) is 8.68. The maximum atomic E-state index is 12.7. The molecule has 0 saturated carbocycles. The van der Waals surface area contributed by atoms with Crippen LogP contribution in [0.5, 0.6) is 0 Å². The van der Waals surface area contributed by atoms with Crippen molar-refractivity contribution in [1.82, 2.24) is 29.8 Å². The van der Waals surface area contributed by atoms with Crippen molar-refractivity contribution < 1.29 is 9.59 Å². The summed E-state index contributed by atoms with van der Waals surface area (Å²) in [6.45, 7) is 4.04. The number of hydrogen-bond acceptors (Lipinski definition) is 4. The van der Waals surface area contributed by atoms with Crippen molar-refractivity contribution in [3.63, 3.8) is 0 Å². The minimum absolute atomic E-state index is 0.0134. The van der Waals surface area contributed by atoms with Gasteiger partial charge in [0.2, 0.25) is 0 Å². The lowest BCUT2D eigenvalue weighted by Gasteiger charge is -2.24. The molecule has 1 unspecified atom stereocenters. The number of hydrogen-bond donors (Lipinski definition) is 1. The molecule has 1 aliphatic rings. The van der Waals surface area contributed by atoms with Gasteiger partial charge in [-0.3, -0.25) is 19.0 Å². The fourth-order valence-corrected chi connectivity index (χ4v) is 3.16. The summed E-state index contributed by atoms with van der Waals surface area (Å²) < 4.78 is 3.39. The van der Waals surface area contributed by atoms with E-state index in [9.17, 15) is 9.59 Å². The topological polar surface area (TPSA) is 85.0 Å². The van der Waals surface area contributed by atoms with Crippen LogP contribution in [0.4, 0.5) is 0 Å². The molecule has 0 aliphatic carbocycles. The van der Waals surface area contributed by atoms with Crippen LogP contribution in [-0.2, 0) is 13.6 Å². The largest absolute Gasteiger partial charge is 0.350 e. The molecule has 1 N–H and O–H groups in total. The summed E-state index contributed by atoms with van der Waals surface area (Å²) >= 11 is 0. The Hall–Kier alpha value is -2.64. The van der Waals surface area contributed by atoms with Crippen molar-refractivity contribution in [3.05, 3.63) is 35.9 Å². The molecule has 0 bridgehead atoms. The van der Waals surface area contributed by atoms with Crippen molar-refractivity contribution in [2.75, 3.05) is 13.1 Å². The molecule has 2 amide bonds. The van der Waals surface area contributed by atoms with E-state index in [-0.39, 0.29) is 17.9 Å². The van der Waals surface area contributed by atoms with Gasteiger partial charge in [0.05, 0.1) is 23.5 Å². The van der Waals surface area contributed by atoms with E-state index in [1.165, 1.54) is 6.20 Å². The van der Waals surface area contributed by atoms with Crippen LogP contribution < -0.4 is 5.32 Å². The van der Waals surface area contributed by atoms with E-state index in [1.807, 2.05) is 4.90 Å². The van der Waals surface area contributed by atoms with Crippen LogP contribution in [0.2, 0.25) is 0 Å². The molecule has 1 aliphatic heterocycles. The van der Waals surface area contributed by atoms with Crippen LogP contribution in [0.3, 0.4) is 0 Å². The van der Waals surface area contributed by atoms with Crippen LogP contribution >= 0.6 is 0 Å². The third-order valence-corrected chi connectivity index (χ3v) is 4.44. The van der Waals surface area contributed by atoms with E-state index < -0.39 is 0 Å². The molecule has 1 saturated heterocycles. The molecule has 134 valence electrons. The second-order valence-electron chi connectivity index (χ2n) is 6.40. The lowest BCUT2D eigenvalue weighted by Crippen LogP contribution is -2.43. The number of carbonyl (C=O) groups excluding carboxylic acids is 2. The van der Waals surface area contributed by atoms with Crippen LogP contribution in [0.1, 0.15) is 46.9 Å². The van der Waals surface area contributed by atoms with E-state index in [0.29, 0.717) is 24.2 Å². The number of carbonyl (C=O) groups is 2. The standard InChI is InChI=1S/C17H24N6O2/c1-3-6-22-12-14(9-20-22)17(25)23-7-4-5-15(23)10-18-16(24)13-8-19-21(2)11-13/h8-9,11-12,15H,3-7,10H2,1-2H3,(H,18,24). The van der Waals surface area contributed by atoms with Crippen LogP contribution in [0, 0.1) is 0 Å². The van der Waals surface area contributed by atoms with Crippen LogP contribution in [0.15, 0.2) is 24.8 Å². The van der Waals surface area contributed by atoms with Crippen molar-refractivity contribution in [3.8, 4) is 0 Å². The van der Waals surface area contributed by atoms with Crippen molar-refractivity contribution in [2.24, 2.45) is 7.05 Å². The van der Waals surface area contributed by atoms with Gasteiger partial charge in [0.15, 0.2) is 0 Å². The summed E-state index contributed by atoms with van der Waals surface area (Å²) in [5.41, 5.74) is 1.14. The highest BCUT2D eigenvalue weighted by molar-refractivity contribution is 5.95. The van der Waals surface area contributed by atoms with E-state index in [0.717, 1.165) is 25.8 Å². The first kappa shape index (κ1) is 17.2. The Balaban J connectivity index is 1.59. The molecule has 25 heavy (non-hydrogen) atoms. The molecule has 8 nitrogen and oxygen atoms in total. The zero-order chi connectivity index (χ0) is 17.8. The zero-order valence-electron chi connectivity index (χ0n) is 14.7. The highest BCUT2D eigenvalue weighted by Crippen LogP contribution is 2.19. The Labute approximate surface area is 146 Å². The predicted octanol–water partition coefficient (Wildman–Crippen LogP) is 1.06. The fraction of sp³-hybridized carbons (Fsp3) is 0.529. The molecular weight excluding hydrogens is 320 g/mol. The van der Waals surface area contributed by atoms with Gasteiger partial charge in [-0.1, -0.05) is 6.92 Å². The second kappa shape index (κ2) is 7.50. The lowest BCUT2D eigenvalue weighted by atomic mass is 10.2. The summed E-state index contributed by atoms with van der Waals surface area (Å²) in [4.78, 5) is 26.7. The minimum Gasteiger partial charge on any atom is -0.350 e. The van der Waals surface area contributed by atoms with Gasteiger partial charge in [-0.25, -0.2) is 0 Å². The van der Waals surface area contributed by atoms with E-state index in [4.69, 9.17) is 0 Å². The highest BCUT2D eigenvalue weighted by Gasteiger charge is 2.30. The lowest BCUT2D eigenvalue weighted by molar-refractivity contribution is 0.0725. The molecule has 1 atom stereocenters. The van der Waals surface area contributed by atoms with Gasteiger partial charge in [-0.05, 0) is 19.3 Å². The molecule has 8 heteroatoms. The monoisotopic (exact) mass is 344 g/mol. The Morgan fingerprint density at radius 2 is 2.04 bits per heavy atom. The first-order valence-corrected chi connectivity index (χ1v) is 8.68. The van der Waals surface area contributed by atoms with Crippen molar-refractivity contribution in [2.45, 2.75) is 38.8 Å². The Bertz CT molecular complexity index is 750. The average molecular weight is 344 g/mol. The van der Waals surface area contributed by atoms with Gasteiger partial charge >= 0.3 is 0 Å². The van der Waals surface area contributed by atoms with Gasteiger partial charge in [0.1, 0.15) is 0 Å². The molecule has 0 spiro atoms. The second-order valence-corrected chi connectivity index (χ2v) is 6.40. The predicted molar refractivity (Wildman–Crippen MR) is 92.1 cm³/mol. The SMILES string of the molecule is CCCn1cc(C(=O)N2CCCC2CNC(=O)c2cnn(C)c2)cn1. The Morgan fingerprint density at radius 1 is 1.24 bits per heavy atom. The summed E-state index contributed by atoms with van der Waals surface area (Å²) in [6, 6.07) is 0.0163. The van der Waals surface area contributed by atoms with Gasteiger partial charge in [-0.15, -0.1) is 0 Å². The summed E-state index contributed by atoms with van der Waals surface area (Å²) in [5, 5.41) is 11.1. The molecule has 0 radical (unpaired) electrons. The number of aromatic nitrogens is 4. The summed E-state index contributed by atoms with van der Waals surface area (Å²) in [6.07, 6.45) is 9.45. The maximum absolute atomic E-state index is 12.7. The maximum Gasteiger partial charge on any atom is 0.257 e. The fourth-order valence-electron chi connectivity index (χ4n) is 3.16. The summed E-state index contributed by atoms with van der Waals surface area (Å²) in [5.74, 6) is -0.177. The third-order valence-electron chi connectivity index (χ3n) is 4.44. The highest BCUT2D eigenvalue weighted by atomic mass is 16.2. The zero-order valence-corrected chi connectivity index (χ0v) is 14.7. The molecule has 0 aromatic carbocycles. The van der Waals surface area contributed by atoms with Gasteiger partial charge in [-0.2, -0.15) is 10.2 Å². The van der Waals surface area contributed by atoms with Crippen LogP contribution in [0.25, 0.3) is 0 Å². The molecule has 3 rings (SSSR count). The van der Waals surface area contributed by atoms with Crippen LogP contribution in [-0.4, -0.2) is 55.4 Å². The first-order chi connectivity index (χ1) is 12.1. The number of rotatable bonds is 6. The Morgan fingerprint density at radius 3 is 2.76 bits per heavy atom. The van der Waals surface area contributed by atoms with Gasteiger partial charge in [0.25, 0.3) is 11.8 Å². The summed E-state index contributed by atoms with van der Waals surface area (Å²) in [7, 11) is 1.77. The van der Waals surface area contributed by atoms with Gasteiger partial charge in [0, 0.05) is 45.1 Å².